The van der Waals surface area contributed by atoms with Crippen LogP contribution in [-0.4, -0.2) is 25.7 Å². The molecule has 116 valence electrons. The molecule has 0 heterocycles. The Hall–Kier alpha value is -1.55. The Morgan fingerprint density at radius 2 is 2.29 bits per heavy atom. The Bertz CT molecular complexity index is 459. The van der Waals surface area contributed by atoms with Crippen molar-refractivity contribution in [3.8, 4) is 0 Å². The highest BCUT2D eigenvalue weighted by molar-refractivity contribution is 5.77. The fourth-order valence-corrected chi connectivity index (χ4v) is 2.68. The predicted octanol–water partition coefficient (Wildman–Crippen LogP) is 2.79. The van der Waals surface area contributed by atoms with E-state index in [2.05, 4.69) is 41.5 Å². The fourth-order valence-electron chi connectivity index (χ4n) is 2.68. The first kappa shape index (κ1) is 15.8. The van der Waals surface area contributed by atoms with Crippen LogP contribution in [-0.2, 0) is 11.2 Å². The van der Waals surface area contributed by atoms with Gasteiger partial charge in [-0.15, -0.1) is 0 Å². The van der Waals surface area contributed by atoms with Crippen LogP contribution in [0, 0.1) is 0 Å². The molecule has 0 aromatic heterocycles. The van der Waals surface area contributed by atoms with E-state index in [0.29, 0.717) is 5.96 Å². The molecule has 0 saturated carbocycles. The standard InChI is InChI=1S/C17H27N3O/c1-2-11-19-17(18)20-12-6-13-21-16-10-5-8-14-7-3-4-9-15(14)16/h3-4,7,9,16H,2,5-6,8,10-13H2,1H3,(H3,18,19,20). The summed E-state index contributed by atoms with van der Waals surface area (Å²) in [5, 5.41) is 3.12. The highest BCUT2D eigenvalue weighted by Crippen LogP contribution is 2.32. The molecule has 21 heavy (non-hydrogen) atoms. The monoisotopic (exact) mass is 289 g/mol. The van der Waals surface area contributed by atoms with E-state index in [-0.39, 0.29) is 6.10 Å². The van der Waals surface area contributed by atoms with Gasteiger partial charge in [0.05, 0.1) is 6.10 Å². The SMILES string of the molecule is CCCN=C(N)NCCCOC1CCCc2ccccc21. The number of aliphatic imine (C=N–C) groups is 1. The maximum absolute atomic E-state index is 6.05. The molecule has 1 unspecified atom stereocenters. The van der Waals surface area contributed by atoms with Crippen molar-refractivity contribution in [3.05, 3.63) is 35.4 Å². The molecule has 1 atom stereocenters. The molecule has 0 spiro atoms. The number of nitrogens with two attached hydrogens (primary N) is 1. The van der Waals surface area contributed by atoms with Gasteiger partial charge in [-0.25, -0.2) is 0 Å². The third-order valence-electron chi connectivity index (χ3n) is 3.77. The molecule has 1 aliphatic rings. The molecule has 4 nitrogen and oxygen atoms in total. The summed E-state index contributed by atoms with van der Waals surface area (Å²) in [5.74, 6) is 0.542. The second-order valence-electron chi connectivity index (χ2n) is 5.50. The molecule has 0 aliphatic heterocycles. The molecular weight excluding hydrogens is 262 g/mol. The summed E-state index contributed by atoms with van der Waals surface area (Å²) in [4.78, 5) is 4.20. The van der Waals surface area contributed by atoms with Crippen LogP contribution in [0.1, 0.15) is 49.8 Å². The van der Waals surface area contributed by atoms with Crippen LogP contribution >= 0.6 is 0 Å². The van der Waals surface area contributed by atoms with Crippen LogP contribution in [0.25, 0.3) is 0 Å². The minimum absolute atomic E-state index is 0.265. The minimum atomic E-state index is 0.265. The lowest BCUT2D eigenvalue weighted by Gasteiger charge is -2.25. The van der Waals surface area contributed by atoms with Gasteiger partial charge in [-0.3, -0.25) is 4.99 Å². The van der Waals surface area contributed by atoms with Crippen LogP contribution in [0.5, 0.6) is 0 Å². The van der Waals surface area contributed by atoms with Gasteiger partial charge >= 0.3 is 0 Å². The number of ether oxygens (including phenoxy) is 1. The highest BCUT2D eigenvalue weighted by atomic mass is 16.5. The molecule has 0 bridgehead atoms. The Balaban J connectivity index is 1.68. The van der Waals surface area contributed by atoms with Gasteiger partial charge in [-0.2, -0.15) is 0 Å². The summed E-state index contributed by atoms with van der Waals surface area (Å²) in [7, 11) is 0. The zero-order valence-corrected chi connectivity index (χ0v) is 13.0. The highest BCUT2D eigenvalue weighted by Gasteiger charge is 2.19. The maximum atomic E-state index is 6.05. The van der Waals surface area contributed by atoms with Gasteiger partial charge in [0.2, 0.25) is 0 Å². The fraction of sp³-hybridized carbons (Fsp3) is 0.588. The Labute approximate surface area is 127 Å². The third kappa shape index (κ3) is 5.05. The van der Waals surface area contributed by atoms with Gasteiger partial charge in [0.15, 0.2) is 5.96 Å². The first-order chi connectivity index (χ1) is 10.3. The van der Waals surface area contributed by atoms with Crippen molar-refractivity contribution < 1.29 is 4.74 Å². The van der Waals surface area contributed by atoms with E-state index >= 15 is 0 Å². The zero-order valence-electron chi connectivity index (χ0n) is 13.0. The van der Waals surface area contributed by atoms with Crippen molar-refractivity contribution in [2.75, 3.05) is 19.7 Å². The Morgan fingerprint density at radius 3 is 3.14 bits per heavy atom. The average molecular weight is 289 g/mol. The number of hydrogen-bond acceptors (Lipinski definition) is 2. The van der Waals surface area contributed by atoms with Crippen LogP contribution in [0.4, 0.5) is 0 Å². The number of nitrogens with zero attached hydrogens (tertiary/aromatic N) is 1. The number of benzene rings is 1. The minimum Gasteiger partial charge on any atom is -0.373 e. The van der Waals surface area contributed by atoms with Gasteiger partial charge in [0.25, 0.3) is 0 Å². The number of aryl methyl sites for hydroxylation is 1. The molecular formula is C17H27N3O. The number of hydrogen-bond donors (Lipinski definition) is 2. The number of fused-ring (bicyclic) bond motifs is 1. The van der Waals surface area contributed by atoms with E-state index in [0.717, 1.165) is 39.0 Å². The van der Waals surface area contributed by atoms with E-state index in [4.69, 9.17) is 10.5 Å². The first-order valence-electron chi connectivity index (χ1n) is 8.04. The molecule has 3 N–H and O–H groups in total. The Kier molecular flexibility index (Phi) is 6.54. The van der Waals surface area contributed by atoms with Gasteiger partial charge in [0.1, 0.15) is 0 Å². The largest absolute Gasteiger partial charge is 0.373 e. The van der Waals surface area contributed by atoms with Crippen molar-refractivity contribution in [1.82, 2.24) is 5.32 Å². The summed E-state index contributed by atoms with van der Waals surface area (Å²) in [5.41, 5.74) is 8.57. The number of rotatable bonds is 7. The van der Waals surface area contributed by atoms with Crippen LogP contribution in [0.2, 0.25) is 0 Å². The Morgan fingerprint density at radius 1 is 1.43 bits per heavy atom. The van der Waals surface area contributed by atoms with Gasteiger partial charge in [-0.05, 0) is 43.2 Å². The van der Waals surface area contributed by atoms with Crippen LogP contribution in [0.3, 0.4) is 0 Å². The summed E-state index contributed by atoms with van der Waals surface area (Å²) in [6.45, 7) is 4.45. The molecule has 4 heteroatoms. The van der Waals surface area contributed by atoms with Crippen molar-refractivity contribution >= 4 is 5.96 Å². The zero-order chi connectivity index (χ0) is 14.9. The summed E-state index contributed by atoms with van der Waals surface area (Å²) in [6.07, 6.45) is 5.76. The summed E-state index contributed by atoms with van der Waals surface area (Å²) >= 11 is 0. The molecule has 2 rings (SSSR count). The molecule has 0 fully saturated rings. The van der Waals surface area contributed by atoms with Crippen molar-refractivity contribution in [2.24, 2.45) is 10.7 Å². The average Bonchev–Trinajstić information content (AvgIpc) is 2.52. The summed E-state index contributed by atoms with van der Waals surface area (Å²) in [6, 6.07) is 8.64. The van der Waals surface area contributed by atoms with Crippen LogP contribution < -0.4 is 11.1 Å². The smallest absolute Gasteiger partial charge is 0.188 e. The van der Waals surface area contributed by atoms with E-state index in [1.54, 1.807) is 0 Å². The third-order valence-corrected chi connectivity index (χ3v) is 3.77. The van der Waals surface area contributed by atoms with Crippen molar-refractivity contribution in [2.45, 2.75) is 45.1 Å². The number of guanidine groups is 1. The lowest BCUT2D eigenvalue weighted by molar-refractivity contribution is 0.0398. The van der Waals surface area contributed by atoms with Gasteiger partial charge < -0.3 is 15.8 Å². The quantitative estimate of drug-likeness (QED) is 0.461. The normalized spacial score (nSPS) is 18.3. The van der Waals surface area contributed by atoms with E-state index in [9.17, 15) is 0 Å². The lowest BCUT2D eigenvalue weighted by atomic mass is 9.89. The molecule has 0 amide bonds. The van der Waals surface area contributed by atoms with E-state index in [1.807, 2.05) is 0 Å². The van der Waals surface area contributed by atoms with E-state index in [1.165, 1.54) is 24.0 Å². The van der Waals surface area contributed by atoms with Gasteiger partial charge in [0, 0.05) is 19.7 Å². The second-order valence-corrected chi connectivity index (χ2v) is 5.50. The van der Waals surface area contributed by atoms with Crippen LogP contribution in [0.15, 0.2) is 29.3 Å². The molecule has 0 saturated heterocycles. The molecule has 1 aromatic carbocycles. The van der Waals surface area contributed by atoms with Crippen molar-refractivity contribution in [1.29, 1.82) is 0 Å². The topological polar surface area (TPSA) is 59.6 Å². The lowest BCUT2D eigenvalue weighted by Crippen LogP contribution is -2.33. The molecule has 1 aliphatic carbocycles. The second kappa shape index (κ2) is 8.67. The van der Waals surface area contributed by atoms with Gasteiger partial charge in [-0.1, -0.05) is 31.2 Å². The molecule has 1 aromatic rings. The van der Waals surface area contributed by atoms with Crippen molar-refractivity contribution in [3.63, 3.8) is 0 Å². The first-order valence-corrected chi connectivity index (χ1v) is 8.04. The van der Waals surface area contributed by atoms with E-state index < -0.39 is 0 Å². The molecule has 0 radical (unpaired) electrons. The number of nitrogens with one attached hydrogen (secondary N) is 1. The maximum Gasteiger partial charge on any atom is 0.188 e. The predicted molar refractivity (Wildman–Crippen MR) is 87.5 cm³/mol. The summed E-state index contributed by atoms with van der Waals surface area (Å²) < 4.78 is 6.05.